The minimum Gasteiger partial charge on any atom is -0.459 e. The lowest BCUT2D eigenvalue weighted by Gasteiger charge is -2.14. The van der Waals surface area contributed by atoms with Gasteiger partial charge in [0, 0.05) is 36.1 Å². The number of aromatic nitrogens is 3. The minimum atomic E-state index is -0.882. The van der Waals surface area contributed by atoms with E-state index in [0.29, 0.717) is 29.2 Å². The monoisotopic (exact) mass is 630 g/mol. The van der Waals surface area contributed by atoms with Gasteiger partial charge >= 0.3 is 12.0 Å². The van der Waals surface area contributed by atoms with Crippen molar-refractivity contribution in [2.45, 2.75) is 39.6 Å². The Morgan fingerprint density at radius 1 is 0.935 bits per heavy atom. The maximum atomic E-state index is 14.8. The first-order chi connectivity index (χ1) is 22.2. The zero-order valence-electron chi connectivity index (χ0n) is 25.3. The molecule has 3 N–H and O–H groups in total. The first-order valence-corrected chi connectivity index (χ1v) is 14.4. The maximum Gasteiger partial charge on any atom is 0.345 e. The Hall–Kier alpha value is -5.40. The number of hydrogen-bond donors (Lipinski definition) is 3. The highest BCUT2D eigenvalue weighted by Crippen LogP contribution is 2.27. The second kappa shape index (κ2) is 14.1. The zero-order valence-corrected chi connectivity index (χ0v) is 25.3. The van der Waals surface area contributed by atoms with Gasteiger partial charge in [-0.25, -0.2) is 33.2 Å². The molecule has 2 heterocycles. The summed E-state index contributed by atoms with van der Waals surface area (Å²) in [5.74, 6) is -2.41. The maximum absolute atomic E-state index is 14.8. The third-order valence-corrected chi connectivity index (χ3v) is 6.96. The van der Waals surface area contributed by atoms with E-state index in [9.17, 15) is 23.2 Å². The number of rotatable bonds is 11. The number of anilines is 1. The van der Waals surface area contributed by atoms with Crippen LogP contribution in [0, 0.1) is 11.6 Å². The van der Waals surface area contributed by atoms with Crippen LogP contribution in [-0.2, 0) is 29.2 Å². The van der Waals surface area contributed by atoms with Crippen LogP contribution >= 0.6 is 0 Å². The molecular formula is C33H32F2N6O5. The molecule has 2 aromatic heterocycles. The van der Waals surface area contributed by atoms with E-state index in [4.69, 9.17) is 9.72 Å². The summed E-state index contributed by atoms with van der Waals surface area (Å²) in [6.07, 6.45) is 0.691. The minimum absolute atomic E-state index is 0.0573. The van der Waals surface area contributed by atoms with Crippen molar-refractivity contribution < 1.29 is 27.9 Å². The van der Waals surface area contributed by atoms with Gasteiger partial charge in [-0.1, -0.05) is 48.5 Å². The van der Waals surface area contributed by atoms with Gasteiger partial charge in [-0.2, -0.15) is 0 Å². The van der Waals surface area contributed by atoms with Crippen LogP contribution in [0.25, 0.3) is 17.0 Å². The number of fused-ring (bicyclic) bond motifs is 1. The molecule has 0 aliphatic carbocycles. The number of carbonyl (C=O) groups excluding carboxylic acids is 2. The van der Waals surface area contributed by atoms with Crippen molar-refractivity contribution in [2.75, 3.05) is 12.4 Å². The van der Waals surface area contributed by atoms with Crippen molar-refractivity contribution >= 4 is 23.5 Å². The number of imidazole rings is 1. The van der Waals surface area contributed by atoms with Crippen molar-refractivity contribution in [1.29, 1.82) is 0 Å². The van der Waals surface area contributed by atoms with Crippen molar-refractivity contribution in [2.24, 2.45) is 0 Å². The lowest BCUT2D eigenvalue weighted by molar-refractivity contribution is 0.0374. The molecule has 5 aromatic rings. The third kappa shape index (κ3) is 7.11. The topological polar surface area (TPSA) is 128 Å². The van der Waals surface area contributed by atoms with Crippen LogP contribution < -0.4 is 21.7 Å². The molecule has 0 fully saturated rings. The van der Waals surface area contributed by atoms with Crippen LogP contribution in [0.2, 0.25) is 0 Å². The summed E-state index contributed by atoms with van der Waals surface area (Å²) in [7, 11) is 1.31. The van der Waals surface area contributed by atoms with Gasteiger partial charge in [-0.05, 0) is 43.7 Å². The average Bonchev–Trinajstić information content (AvgIpc) is 3.41. The Balaban J connectivity index is 1.68. The van der Waals surface area contributed by atoms with Gasteiger partial charge < -0.3 is 19.9 Å². The van der Waals surface area contributed by atoms with Crippen molar-refractivity contribution in [3.63, 3.8) is 0 Å². The first-order valence-electron chi connectivity index (χ1n) is 14.4. The van der Waals surface area contributed by atoms with Gasteiger partial charge in [-0.15, -0.1) is 0 Å². The quantitative estimate of drug-likeness (QED) is 0.138. The highest BCUT2D eigenvalue weighted by atomic mass is 19.1. The van der Waals surface area contributed by atoms with Crippen LogP contribution in [0.5, 0.6) is 0 Å². The zero-order chi connectivity index (χ0) is 32.8. The number of ether oxygens (including phenoxy) is 1. The fourth-order valence-corrected chi connectivity index (χ4v) is 4.90. The number of urea groups is 1. The van der Waals surface area contributed by atoms with Crippen molar-refractivity contribution in [3.8, 4) is 11.3 Å². The Labute approximate surface area is 262 Å². The van der Waals surface area contributed by atoms with E-state index in [1.54, 1.807) is 38.1 Å². The fraction of sp³-hybridized carbons (Fsp3) is 0.212. The van der Waals surface area contributed by atoms with E-state index < -0.39 is 35.3 Å². The lowest BCUT2D eigenvalue weighted by Crippen LogP contribution is -2.30. The van der Waals surface area contributed by atoms with E-state index in [1.165, 1.54) is 28.3 Å². The molecular weight excluding hydrogens is 598 g/mol. The third-order valence-electron chi connectivity index (χ3n) is 6.96. The summed E-state index contributed by atoms with van der Waals surface area (Å²) in [6.45, 7) is 3.52. The van der Waals surface area contributed by atoms with Crippen molar-refractivity contribution in [1.82, 2.24) is 24.7 Å². The Kier molecular flexibility index (Phi) is 9.84. The molecule has 0 bridgehead atoms. The lowest BCUT2D eigenvalue weighted by atomic mass is 10.1. The van der Waals surface area contributed by atoms with Crippen LogP contribution in [0.15, 0.2) is 83.8 Å². The molecule has 0 atom stereocenters. The summed E-state index contributed by atoms with van der Waals surface area (Å²) >= 11 is 0. The van der Waals surface area contributed by atoms with E-state index in [-0.39, 0.29) is 30.0 Å². The fourth-order valence-electron chi connectivity index (χ4n) is 4.90. The van der Waals surface area contributed by atoms with Crippen LogP contribution in [0.3, 0.4) is 0 Å². The summed E-state index contributed by atoms with van der Waals surface area (Å²) in [5.41, 5.74) is 3.68. The molecule has 0 spiro atoms. The molecule has 0 aliphatic rings. The van der Waals surface area contributed by atoms with E-state index in [1.807, 2.05) is 30.3 Å². The molecule has 46 heavy (non-hydrogen) atoms. The Morgan fingerprint density at radius 3 is 2.28 bits per heavy atom. The molecule has 11 nitrogen and oxygen atoms in total. The van der Waals surface area contributed by atoms with Gasteiger partial charge in [0.2, 0.25) is 5.78 Å². The number of nitrogens with one attached hydrogen (secondary N) is 3. The number of carbonyl (C=O) groups is 2. The molecule has 0 radical (unpaired) electrons. The van der Waals surface area contributed by atoms with E-state index in [0.717, 1.165) is 17.7 Å². The van der Waals surface area contributed by atoms with Crippen LogP contribution in [0.4, 0.5) is 19.3 Å². The summed E-state index contributed by atoms with van der Waals surface area (Å²) < 4.78 is 37.6. The molecule has 13 heteroatoms. The van der Waals surface area contributed by atoms with Gasteiger partial charge in [0.15, 0.2) is 0 Å². The number of hydrogen-bond acceptors (Lipinski definition) is 7. The van der Waals surface area contributed by atoms with Gasteiger partial charge in [0.1, 0.15) is 17.2 Å². The van der Waals surface area contributed by atoms with Crippen LogP contribution in [0.1, 0.15) is 41.0 Å². The standard InChI is InChI=1S/C33H32F2N6O5/c1-20(2)46-31(43)25-19-40(18-24-26(34)10-7-11-27(24)35)33-38-29(22-12-14-23(15-13-22)37-32(44)39-45-3)28(41(33)30(25)42)17-36-16-21-8-5-4-6-9-21/h4-15,19-20,36H,16-18H2,1-3H3,(H2,37,39,44). The van der Waals surface area contributed by atoms with Gasteiger partial charge in [0.25, 0.3) is 5.56 Å². The normalized spacial score (nSPS) is 11.2. The first kappa shape index (κ1) is 32.0. The number of esters is 1. The van der Waals surface area contributed by atoms with E-state index >= 15 is 0 Å². The number of nitrogens with zero attached hydrogens (tertiary/aromatic N) is 3. The summed E-state index contributed by atoms with van der Waals surface area (Å²) in [5, 5.41) is 5.95. The molecule has 0 aliphatic heterocycles. The number of benzene rings is 3. The highest BCUT2D eigenvalue weighted by Gasteiger charge is 2.25. The molecule has 0 saturated carbocycles. The predicted octanol–water partition coefficient (Wildman–Crippen LogP) is 5.03. The molecule has 2 amide bonds. The predicted molar refractivity (Wildman–Crippen MR) is 167 cm³/mol. The summed E-state index contributed by atoms with van der Waals surface area (Å²) in [4.78, 5) is 48.4. The Bertz CT molecular complexity index is 1900. The van der Waals surface area contributed by atoms with Gasteiger partial charge in [0.05, 0.1) is 31.1 Å². The summed E-state index contributed by atoms with van der Waals surface area (Å²) in [6, 6.07) is 19.2. The van der Waals surface area contributed by atoms with Crippen LogP contribution in [-0.4, -0.2) is 39.2 Å². The second-order valence-corrected chi connectivity index (χ2v) is 10.6. The molecule has 0 saturated heterocycles. The smallest absolute Gasteiger partial charge is 0.345 e. The average molecular weight is 631 g/mol. The molecule has 5 rings (SSSR count). The molecule has 0 unspecified atom stereocenters. The largest absolute Gasteiger partial charge is 0.459 e. The van der Waals surface area contributed by atoms with Gasteiger partial charge in [-0.3, -0.25) is 9.63 Å². The number of amides is 2. The highest BCUT2D eigenvalue weighted by molar-refractivity contribution is 5.89. The number of hydroxylamine groups is 1. The number of halogens is 2. The molecule has 238 valence electrons. The van der Waals surface area contributed by atoms with E-state index in [2.05, 4.69) is 21.0 Å². The molecule has 3 aromatic carbocycles. The van der Waals surface area contributed by atoms with Crippen molar-refractivity contribution in [3.05, 3.63) is 123 Å². The Morgan fingerprint density at radius 2 is 1.63 bits per heavy atom. The second-order valence-electron chi connectivity index (χ2n) is 10.6. The SMILES string of the molecule is CONC(=O)Nc1ccc(-c2nc3n(Cc4c(F)cccc4F)cc(C(=O)OC(C)C)c(=O)n3c2CNCc2ccccc2)cc1.